The quantitative estimate of drug-likeness (QED) is 0.445. The molecule has 0 atom stereocenters. The van der Waals surface area contributed by atoms with E-state index in [-0.39, 0.29) is 10.4 Å². The summed E-state index contributed by atoms with van der Waals surface area (Å²) in [6.45, 7) is 2.58. The molecular formula is C7H5Cl3N4. The Labute approximate surface area is 94.8 Å². The van der Waals surface area contributed by atoms with Crippen LogP contribution in [0.25, 0.3) is 11.2 Å². The molecule has 0 aliphatic rings. The molecule has 0 saturated heterocycles. The van der Waals surface area contributed by atoms with Gasteiger partial charge in [-0.15, -0.1) is 0 Å². The molecule has 2 aromatic heterocycles. The van der Waals surface area contributed by atoms with Crippen molar-refractivity contribution in [2.75, 3.05) is 0 Å². The Bertz CT molecular complexity index is 493. The minimum Gasteiger partial charge on any atom is -0.299 e. The smallest absolute Gasteiger partial charge is 0.225 e. The number of hydrogen-bond acceptors (Lipinski definition) is 3. The largest absolute Gasteiger partial charge is 0.299 e. The molecule has 2 rings (SSSR count). The van der Waals surface area contributed by atoms with Gasteiger partial charge in [-0.05, 0) is 30.1 Å². The first-order chi connectivity index (χ1) is 6.63. The number of aryl methyl sites for hydroxylation is 1. The third-order valence-corrected chi connectivity index (χ3v) is 2.52. The molecule has 74 valence electrons. The van der Waals surface area contributed by atoms with E-state index in [0.29, 0.717) is 23.0 Å². The van der Waals surface area contributed by atoms with Gasteiger partial charge in [-0.1, -0.05) is 11.6 Å². The maximum absolute atomic E-state index is 5.87. The molecule has 4 nitrogen and oxygen atoms in total. The summed E-state index contributed by atoms with van der Waals surface area (Å²) in [5, 5.41) is 0.642. The van der Waals surface area contributed by atoms with E-state index in [4.69, 9.17) is 34.8 Å². The second-order valence-corrected chi connectivity index (χ2v) is 3.61. The fourth-order valence-corrected chi connectivity index (χ4v) is 1.89. The highest BCUT2D eigenvalue weighted by atomic mass is 35.5. The maximum Gasteiger partial charge on any atom is 0.225 e. The van der Waals surface area contributed by atoms with Crippen molar-refractivity contribution >= 4 is 46.0 Å². The molecule has 14 heavy (non-hydrogen) atoms. The molecule has 0 aromatic carbocycles. The molecule has 0 aliphatic carbocycles. The van der Waals surface area contributed by atoms with Gasteiger partial charge in [0.05, 0.1) is 0 Å². The highest BCUT2D eigenvalue weighted by molar-refractivity contribution is 6.36. The molecule has 0 fully saturated rings. The molecule has 0 saturated carbocycles. The summed E-state index contributed by atoms with van der Waals surface area (Å²) in [6, 6.07) is 0. The SMILES string of the molecule is CCn1c(Cl)nc2c(Cl)nc(Cl)nc21. The van der Waals surface area contributed by atoms with Gasteiger partial charge in [-0.2, -0.15) is 4.98 Å². The first kappa shape index (κ1) is 9.96. The number of rotatable bonds is 1. The summed E-state index contributed by atoms with van der Waals surface area (Å²) in [5.74, 6) is 0. The molecule has 0 aliphatic heterocycles. The van der Waals surface area contributed by atoms with Crippen molar-refractivity contribution in [2.24, 2.45) is 0 Å². The second-order valence-electron chi connectivity index (χ2n) is 2.58. The monoisotopic (exact) mass is 250 g/mol. The number of aromatic nitrogens is 4. The summed E-state index contributed by atoms with van der Waals surface area (Å²) >= 11 is 17.4. The summed E-state index contributed by atoms with van der Waals surface area (Å²) in [4.78, 5) is 11.8. The summed E-state index contributed by atoms with van der Waals surface area (Å²) in [5.41, 5.74) is 1.03. The zero-order valence-corrected chi connectivity index (χ0v) is 9.40. The minimum absolute atomic E-state index is 0.0915. The maximum atomic E-state index is 5.87. The Kier molecular flexibility index (Phi) is 2.51. The van der Waals surface area contributed by atoms with Gasteiger partial charge in [0, 0.05) is 6.54 Å². The predicted octanol–water partition coefficient (Wildman–Crippen LogP) is 2.81. The lowest BCUT2D eigenvalue weighted by atomic mass is 10.5. The van der Waals surface area contributed by atoms with Crippen LogP contribution in [0.4, 0.5) is 0 Å². The molecule has 0 unspecified atom stereocenters. The summed E-state index contributed by atoms with van der Waals surface area (Å²) in [7, 11) is 0. The van der Waals surface area contributed by atoms with Crippen molar-refractivity contribution in [2.45, 2.75) is 13.5 Å². The normalized spacial score (nSPS) is 11.1. The Morgan fingerprint density at radius 3 is 2.50 bits per heavy atom. The average Bonchev–Trinajstić information content (AvgIpc) is 2.41. The Hall–Kier alpha value is -0.580. The Morgan fingerprint density at radius 2 is 1.86 bits per heavy atom. The lowest BCUT2D eigenvalue weighted by molar-refractivity contribution is 0.778. The van der Waals surface area contributed by atoms with Gasteiger partial charge < -0.3 is 0 Å². The van der Waals surface area contributed by atoms with E-state index in [1.54, 1.807) is 4.57 Å². The van der Waals surface area contributed by atoms with Gasteiger partial charge in [0.1, 0.15) is 5.52 Å². The van der Waals surface area contributed by atoms with Crippen LogP contribution in [-0.4, -0.2) is 19.5 Å². The zero-order valence-electron chi connectivity index (χ0n) is 7.13. The number of fused-ring (bicyclic) bond motifs is 1. The van der Waals surface area contributed by atoms with E-state index >= 15 is 0 Å². The van der Waals surface area contributed by atoms with Crippen molar-refractivity contribution in [3.8, 4) is 0 Å². The van der Waals surface area contributed by atoms with Crippen molar-refractivity contribution in [1.29, 1.82) is 0 Å². The van der Waals surface area contributed by atoms with Crippen LogP contribution in [0.1, 0.15) is 6.92 Å². The van der Waals surface area contributed by atoms with Crippen LogP contribution in [0.3, 0.4) is 0 Å². The Morgan fingerprint density at radius 1 is 1.14 bits per heavy atom. The number of halogens is 3. The highest BCUT2D eigenvalue weighted by Gasteiger charge is 2.13. The Balaban J connectivity index is 2.87. The average molecular weight is 252 g/mol. The standard InChI is InChI=1S/C7H5Cl3N4/c1-2-14-5-3(11-7(14)10)4(8)12-6(9)13-5/h2H2,1H3. The third kappa shape index (κ3) is 1.43. The summed E-state index contributed by atoms with van der Waals surface area (Å²) < 4.78 is 1.70. The van der Waals surface area contributed by atoms with Gasteiger partial charge in [0.25, 0.3) is 0 Å². The minimum atomic E-state index is 0.0915. The van der Waals surface area contributed by atoms with Crippen LogP contribution < -0.4 is 0 Å². The van der Waals surface area contributed by atoms with Crippen molar-refractivity contribution < 1.29 is 0 Å². The molecule has 0 amide bonds. The molecule has 2 heterocycles. The fraction of sp³-hybridized carbons (Fsp3) is 0.286. The van der Waals surface area contributed by atoms with Gasteiger partial charge >= 0.3 is 0 Å². The zero-order chi connectivity index (χ0) is 10.3. The first-order valence-corrected chi connectivity index (χ1v) is 5.01. The van der Waals surface area contributed by atoms with Crippen molar-refractivity contribution in [1.82, 2.24) is 19.5 Å². The molecule has 7 heteroatoms. The number of imidazole rings is 1. The molecular weight excluding hydrogens is 246 g/mol. The van der Waals surface area contributed by atoms with Crippen LogP contribution in [0, 0.1) is 0 Å². The van der Waals surface area contributed by atoms with Gasteiger partial charge in [0.15, 0.2) is 10.8 Å². The summed E-state index contributed by atoms with van der Waals surface area (Å²) in [6.07, 6.45) is 0. The predicted molar refractivity (Wildman–Crippen MR) is 56.0 cm³/mol. The van der Waals surface area contributed by atoms with E-state index in [2.05, 4.69) is 15.0 Å². The van der Waals surface area contributed by atoms with Gasteiger partial charge in [-0.25, -0.2) is 9.97 Å². The lowest BCUT2D eigenvalue weighted by Gasteiger charge is -1.99. The molecule has 0 radical (unpaired) electrons. The van der Waals surface area contributed by atoms with Crippen LogP contribution in [-0.2, 0) is 6.54 Å². The fourth-order valence-electron chi connectivity index (χ4n) is 1.20. The number of hydrogen-bond donors (Lipinski definition) is 0. The van der Waals surface area contributed by atoms with Crippen LogP contribution in [0.2, 0.25) is 15.7 Å². The van der Waals surface area contributed by atoms with E-state index in [1.165, 1.54) is 0 Å². The second kappa shape index (κ2) is 3.53. The van der Waals surface area contributed by atoms with Gasteiger partial charge in [0.2, 0.25) is 10.6 Å². The van der Waals surface area contributed by atoms with Gasteiger partial charge in [-0.3, -0.25) is 4.57 Å². The molecule has 0 N–H and O–H groups in total. The van der Waals surface area contributed by atoms with Crippen molar-refractivity contribution in [3.05, 3.63) is 15.7 Å². The van der Waals surface area contributed by atoms with E-state index in [1.807, 2.05) is 6.92 Å². The lowest BCUT2D eigenvalue weighted by Crippen LogP contribution is -1.96. The molecule has 0 spiro atoms. The van der Waals surface area contributed by atoms with E-state index in [9.17, 15) is 0 Å². The number of nitrogens with zero attached hydrogens (tertiary/aromatic N) is 4. The highest BCUT2D eigenvalue weighted by Crippen LogP contribution is 2.24. The van der Waals surface area contributed by atoms with E-state index < -0.39 is 0 Å². The van der Waals surface area contributed by atoms with Crippen LogP contribution >= 0.6 is 34.8 Å². The third-order valence-electron chi connectivity index (χ3n) is 1.79. The first-order valence-electron chi connectivity index (χ1n) is 3.88. The van der Waals surface area contributed by atoms with E-state index in [0.717, 1.165) is 0 Å². The molecule has 2 aromatic rings. The van der Waals surface area contributed by atoms with Crippen LogP contribution in [0.15, 0.2) is 0 Å². The van der Waals surface area contributed by atoms with Crippen molar-refractivity contribution in [3.63, 3.8) is 0 Å². The topological polar surface area (TPSA) is 43.6 Å². The van der Waals surface area contributed by atoms with Crippen LogP contribution in [0.5, 0.6) is 0 Å². The molecule has 0 bridgehead atoms.